The summed E-state index contributed by atoms with van der Waals surface area (Å²) in [5.41, 5.74) is 0.496. The number of hydrogen-bond acceptors (Lipinski definition) is 8. The largest absolute Gasteiger partial charge is 0.465 e. The minimum absolute atomic E-state index is 0.0614. The van der Waals surface area contributed by atoms with Crippen LogP contribution in [0.15, 0.2) is 54.6 Å². The molecule has 11 nitrogen and oxygen atoms in total. The lowest BCUT2D eigenvalue weighted by Crippen LogP contribution is -2.39. The highest BCUT2D eigenvalue weighted by Crippen LogP contribution is 2.14. The fourth-order valence-corrected chi connectivity index (χ4v) is 2.67. The van der Waals surface area contributed by atoms with Crippen molar-refractivity contribution in [3.05, 3.63) is 70.3 Å². The van der Waals surface area contributed by atoms with E-state index in [4.69, 9.17) is 9.47 Å². The molecule has 0 saturated heterocycles. The van der Waals surface area contributed by atoms with E-state index in [1.807, 2.05) is 0 Å². The monoisotopic (exact) mass is 457 g/mol. The Morgan fingerprint density at radius 1 is 0.970 bits per heavy atom. The molecule has 0 unspecified atom stereocenters. The fraction of sp³-hybridized carbons (Fsp3) is 0.273. The number of benzene rings is 2. The Morgan fingerprint density at radius 2 is 1.64 bits per heavy atom. The molecular weight excluding hydrogens is 434 g/mol. The van der Waals surface area contributed by atoms with Gasteiger partial charge in [0.25, 0.3) is 17.5 Å². The average molecular weight is 457 g/mol. The Kier molecular flexibility index (Phi) is 9.50. The van der Waals surface area contributed by atoms with Crippen molar-refractivity contribution in [2.24, 2.45) is 0 Å². The zero-order valence-corrected chi connectivity index (χ0v) is 17.9. The summed E-state index contributed by atoms with van der Waals surface area (Å²) in [6, 6.07) is 13.4. The lowest BCUT2D eigenvalue weighted by molar-refractivity contribution is -0.384. The molecule has 2 aromatic rings. The zero-order valence-electron chi connectivity index (χ0n) is 17.9. The van der Waals surface area contributed by atoms with Crippen LogP contribution in [0.25, 0.3) is 0 Å². The van der Waals surface area contributed by atoms with Gasteiger partial charge in [-0.3, -0.25) is 34.2 Å². The van der Waals surface area contributed by atoms with Crippen LogP contribution in [0, 0.1) is 10.1 Å². The van der Waals surface area contributed by atoms with Crippen molar-refractivity contribution in [3.8, 4) is 0 Å². The molecule has 2 amide bonds. The topological polar surface area (TPSA) is 145 Å². The van der Waals surface area contributed by atoms with Gasteiger partial charge in [-0.25, -0.2) is 0 Å². The highest BCUT2D eigenvalue weighted by Gasteiger charge is 2.21. The van der Waals surface area contributed by atoms with E-state index < -0.39 is 35.3 Å². The second-order valence-corrected chi connectivity index (χ2v) is 6.59. The molecule has 0 aliphatic heterocycles. The van der Waals surface area contributed by atoms with Crippen LogP contribution in [0.1, 0.15) is 23.7 Å². The van der Waals surface area contributed by atoms with Crippen LogP contribution in [0.4, 0.5) is 11.4 Å². The van der Waals surface area contributed by atoms with Gasteiger partial charge in [0.15, 0.2) is 6.61 Å². The summed E-state index contributed by atoms with van der Waals surface area (Å²) in [6.45, 7) is 0.821. The van der Waals surface area contributed by atoms with Gasteiger partial charge in [0.2, 0.25) is 0 Å². The zero-order chi connectivity index (χ0) is 24.2. The number of hydrogen-bond donors (Lipinski definition) is 1. The second-order valence-electron chi connectivity index (χ2n) is 6.59. The van der Waals surface area contributed by atoms with Crippen molar-refractivity contribution in [2.75, 3.05) is 31.2 Å². The van der Waals surface area contributed by atoms with E-state index in [9.17, 15) is 29.3 Å². The number of non-ortho nitro benzene ring substituents is 1. The molecular formula is C22H23N3O8. The Labute approximate surface area is 189 Å². The average Bonchev–Trinajstić information content (AvgIpc) is 2.81. The maximum Gasteiger partial charge on any atom is 0.326 e. The first kappa shape index (κ1) is 25.0. The molecule has 0 radical (unpaired) electrons. The van der Waals surface area contributed by atoms with Gasteiger partial charge in [0.05, 0.1) is 18.0 Å². The van der Waals surface area contributed by atoms with Gasteiger partial charge in [0, 0.05) is 29.9 Å². The van der Waals surface area contributed by atoms with Gasteiger partial charge in [-0.2, -0.15) is 0 Å². The Bertz CT molecular complexity index is 992. The number of nitro benzene ring substituents is 1. The van der Waals surface area contributed by atoms with Crippen molar-refractivity contribution in [3.63, 3.8) is 0 Å². The number of nitrogens with one attached hydrogen (secondary N) is 1. The predicted octanol–water partition coefficient (Wildman–Crippen LogP) is 1.85. The SMILES string of the molecule is CCOC(=O)CN(C(=O)COC(=O)CCNC(=O)c1ccc([N+](=O)[O-])cc1)c1ccccc1. The molecule has 0 aromatic heterocycles. The van der Waals surface area contributed by atoms with Crippen molar-refractivity contribution in [1.29, 1.82) is 0 Å². The number of esters is 2. The second kappa shape index (κ2) is 12.5. The number of rotatable bonds is 11. The van der Waals surface area contributed by atoms with Gasteiger partial charge in [-0.15, -0.1) is 0 Å². The first-order valence-corrected chi connectivity index (χ1v) is 10.0. The molecule has 0 aliphatic rings. The summed E-state index contributed by atoms with van der Waals surface area (Å²) >= 11 is 0. The van der Waals surface area contributed by atoms with Gasteiger partial charge in [-0.1, -0.05) is 18.2 Å². The Hall–Kier alpha value is -4.28. The maximum atomic E-state index is 12.6. The first-order valence-electron chi connectivity index (χ1n) is 10.0. The molecule has 33 heavy (non-hydrogen) atoms. The molecule has 0 saturated carbocycles. The molecule has 1 N–H and O–H groups in total. The summed E-state index contributed by atoms with van der Waals surface area (Å²) < 4.78 is 9.85. The molecule has 0 atom stereocenters. The number of amides is 2. The standard InChI is InChI=1S/C22H23N3O8/c1-2-32-21(28)14-24(17-6-4-3-5-7-17)19(26)15-33-20(27)12-13-23-22(29)16-8-10-18(11-9-16)25(30)31/h3-11H,2,12-15H2,1H3,(H,23,29). The van der Waals surface area contributed by atoms with E-state index >= 15 is 0 Å². The third-order valence-corrected chi connectivity index (χ3v) is 4.27. The van der Waals surface area contributed by atoms with Crippen molar-refractivity contribution < 1.29 is 33.6 Å². The van der Waals surface area contributed by atoms with E-state index in [-0.39, 0.29) is 37.4 Å². The van der Waals surface area contributed by atoms with Crippen molar-refractivity contribution >= 4 is 35.1 Å². The van der Waals surface area contributed by atoms with Crippen LogP contribution in [0.3, 0.4) is 0 Å². The van der Waals surface area contributed by atoms with Gasteiger partial charge < -0.3 is 14.8 Å². The summed E-state index contributed by atoms with van der Waals surface area (Å²) in [5.74, 6) is -2.46. The number of carbonyl (C=O) groups is 4. The summed E-state index contributed by atoms with van der Waals surface area (Å²) in [5, 5.41) is 13.1. The molecule has 0 spiro atoms. The summed E-state index contributed by atoms with van der Waals surface area (Å²) in [7, 11) is 0. The third-order valence-electron chi connectivity index (χ3n) is 4.27. The summed E-state index contributed by atoms with van der Waals surface area (Å²) in [6.07, 6.45) is -0.199. The van der Waals surface area contributed by atoms with E-state index in [1.165, 1.54) is 24.3 Å². The van der Waals surface area contributed by atoms with Crippen LogP contribution in [-0.4, -0.2) is 55.0 Å². The van der Waals surface area contributed by atoms with Crippen molar-refractivity contribution in [2.45, 2.75) is 13.3 Å². The van der Waals surface area contributed by atoms with Gasteiger partial charge >= 0.3 is 11.9 Å². The lowest BCUT2D eigenvalue weighted by atomic mass is 10.2. The number of carbonyl (C=O) groups excluding carboxylic acids is 4. The fourth-order valence-electron chi connectivity index (χ4n) is 2.67. The highest BCUT2D eigenvalue weighted by molar-refractivity contribution is 5.99. The quantitative estimate of drug-likeness (QED) is 0.306. The highest BCUT2D eigenvalue weighted by atomic mass is 16.6. The number of nitro groups is 1. The number of anilines is 1. The number of para-hydroxylation sites is 1. The first-order chi connectivity index (χ1) is 15.8. The van der Waals surface area contributed by atoms with Gasteiger partial charge in [-0.05, 0) is 31.2 Å². The molecule has 2 rings (SSSR count). The lowest BCUT2D eigenvalue weighted by Gasteiger charge is -2.21. The maximum absolute atomic E-state index is 12.6. The van der Waals surface area contributed by atoms with Crippen LogP contribution < -0.4 is 10.2 Å². The van der Waals surface area contributed by atoms with Crippen LogP contribution >= 0.6 is 0 Å². The minimum atomic E-state index is -0.725. The molecule has 0 heterocycles. The smallest absolute Gasteiger partial charge is 0.326 e. The van der Waals surface area contributed by atoms with E-state index in [0.29, 0.717) is 5.69 Å². The number of nitrogens with zero attached hydrogens (tertiary/aromatic N) is 2. The molecule has 2 aromatic carbocycles. The number of ether oxygens (including phenoxy) is 2. The molecule has 174 valence electrons. The van der Waals surface area contributed by atoms with Crippen LogP contribution in [0.2, 0.25) is 0 Å². The summed E-state index contributed by atoms with van der Waals surface area (Å²) in [4.78, 5) is 59.6. The molecule has 0 fully saturated rings. The predicted molar refractivity (Wildman–Crippen MR) is 116 cm³/mol. The van der Waals surface area contributed by atoms with E-state index in [2.05, 4.69) is 5.32 Å². The van der Waals surface area contributed by atoms with E-state index in [0.717, 1.165) is 4.90 Å². The van der Waals surface area contributed by atoms with E-state index in [1.54, 1.807) is 37.3 Å². The van der Waals surface area contributed by atoms with Crippen LogP contribution in [-0.2, 0) is 23.9 Å². The van der Waals surface area contributed by atoms with Gasteiger partial charge in [0.1, 0.15) is 6.54 Å². The minimum Gasteiger partial charge on any atom is -0.465 e. The molecule has 0 bridgehead atoms. The Morgan fingerprint density at radius 3 is 2.24 bits per heavy atom. The third kappa shape index (κ3) is 8.05. The normalized spacial score (nSPS) is 10.1. The molecule has 0 aliphatic carbocycles. The molecule has 11 heteroatoms. The van der Waals surface area contributed by atoms with Crippen LogP contribution in [0.5, 0.6) is 0 Å². The Balaban J connectivity index is 1.82. The van der Waals surface area contributed by atoms with Crippen molar-refractivity contribution in [1.82, 2.24) is 5.32 Å².